The van der Waals surface area contributed by atoms with Gasteiger partial charge in [-0.3, -0.25) is 9.59 Å². The Morgan fingerprint density at radius 3 is 2.63 bits per heavy atom. The fraction of sp³-hybridized carbons (Fsp3) is 0.385. The monoisotopic (exact) mass is 283 g/mol. The minimum absolute atomic E-state index is 0.165. The number of rotatable bonds is 6. The van der Waals surface area contributed by atoms with Crippen molar-refractivity contribution in [2.75, 3.05) is 11.9 Å². The first-order valence-corrected chi connectivity index (χ1v) is 6.47. The molecule has 0 aliphatic carbocycles. The van der Waals surface area contributed by atoms with Crippen molar-refractivity contribution in [3.63, 3.8) is 0 Å². The molecule has 0 saturated carbocycles. The Balaban J connectivity index is 2.85. The quantitative estimate of drug-likeness (QED) is 0.742. The lowest BCUT2D eigenvalue weighted by atomic mass is 10.0. The SMILES string of the molecule is CCCC(CN)C(=O)Nc1ccc(Cl)c(C(N)=O)c1. The first-order valence-electron chi connectivity index (χ1n) is 6.09. The van der Waals surface area contributed by atoms with E-state index in [-0.39, 0.29) is 29.0 Å². The molecule has 0 bridgehead atoms. The minimum Gasteiger partial charge on any atom is -0.366 e. The van der Waals surface area contributed by atoms with Gasteiger partial charge in [0.1, 0.15) is 0 Å². The number of hydrogen-bond donors (Lipinski definition) is 3. The highest BCUT2D eigenvalue weighted by molar-refractivity contribution is 6.33. The maximum Gasteiger partial charge on any atom is 0.250 e. The average Bonchev–Trinajstić information content (AvgIpc) is 2.37. The van der Waals surface area contributed by atoms with Gasteiger partial charge in [-0.15, -0.1) is 0 Å². The summed E-state index contributed by atoms with van der Waals surface area (Å²) < 4.78 is 0. The van der Waals surface area contributed by atoms with Crippen molar-refractivity contribution in [3.05, 3.63) is 28.8 Å². The standard InChI is InChI=1S/C13H18ClN3O2/c1-2-3-8(7-15)13(19)17-9-4-5-11(14)10(6-9)12(16)18/h4-6,8H,2-3,7,15H2,1H3,(H2,16,18)(H,17,19). The average molecular weight is 284 g/mol. The van der Waals surface area contributed by atoms with Gasteiger partial charge in [0.25, 0.3) is 0 Å². The van der Waals surface area contributed by atoms with Crippen LogP contribution in [0, 0.1) is 5.92 Å². The number of primary amides is 1. The van der Waals surface area contributed by atoms with Crippen molar-refractivity contribution in [1.82, 2.24) is 0 Å². The molecule has 1 aromatic rings. The largest absolute Gasteiger partial charge is 0.366 e. The van der Waals surface area contributed by atoms with Crippen LogP contribution in [0.2, 0.25) is 5.02 Å². The summed E-state index contributed by atoms with van der Waals surface area (Å²) in [6.45, 7) is 2.28. The van der Waals surface area contributed by atoms with E-state index in [1.165, 1.54) is 12.1 Å². The number of anilines is 1. The van der Waals surface area contributed by atoms with Crippen LogP contribution >= 0.6 is 11.6 Å². The summed E-state index contributed by atoms with van der Waals surface area (Å²) in [5.41, 5.74) is 11.4. The summed E-state index contributed by atoms with van der Waals surface area (Å²) in [4.78, 5) is 23.1. The van der Waals surface area contributed by atoms with Gasteiger partial charge in [-0.2, -0.15) is 0 Å². The molecular weight excluding hydrogens is 266 g/mol. The molecule has 0 aliphatic heterocycles. The third-order valence-electron chi connectivity index (χ3n) is 2.79. The van der Waals surface area contributed by atoms with Gasteiger partial charge in [0.2, 0.25) is 11.8 Å². The molecule has 19 heavy (non-hydrogen) atoms. The first-order chi connectivity index (χ1) is 8.99. The second-order valence-electron chi connectivity index (χ2n) is 4.27. The maximum absolute atomic E-state index is 12.0. The Kier molecular flexibility index (Phi) is 5.79. The van der Waals surface area contributed by atoms with Crippen LogP contribution in [0.25, 0.3) is 0 Å². The Bertz CT molecular complexity index is 477. The van der Waals surface area contributed by atoms with E-state index in [2.05, 4.69) is 5.32 Å². The van der Waals surface area contributed by atoms with Crippen molar-refractivity contribution >= 4 is 29.1 Å². The highest BCUT2D eigenvalue weighted by Crippen LogP contribution is 2.21. The van der Waals surface area contributed by atoms with E-state index in [4.69, 9.17) is 23.1 Å². The van der Waals surface area contributed by atoms with E-state index in [0.29, 0.717) is 5.69 Å². The van der Waals surface area contributed by atoms with Gasteiger partial charge < -0.3 is 16.8 Å². The van der Waals surface area contributed by atoms with Gasteiger partial charge in [0.15, 0.2) is 0 Å². The molecule has 0 aliphatic rings. The predicted molar refractivity (Wildman–Crippen MR) is 76.1 cm³/mol. The maximum atomic E-state index is 12.0. The van der Waals surface area contributed by atoms with Crippen molar-refractivity contribution < 1.29 is 9.59 Å². The van der Waals surface area contributed by atoms with Crippen LogP contribution in [0.15, 0.2) is 18.2 Å². The number of carbonyl (C=O) groups excluding carboxylic acids is 2. The number of carbonyl (C=O) groups is 2. The predicted octanol–water partition coefficient (Wildman–Crippen LogP) is 1.75. The molecule has 5 nitrogen and oxygen atoms in total. The van der Waals surface area contributed by atoms with Gasteiger partial charge in [0.05, 0.1) is 16.5 Å². The van der Waals surface area contributed by atoms with E-state index in [1.807, 2.05) is 6.92 Å². The second-order valence-corrected chi connectivity index (χ2v) is 4.68. The number of amides is 2. The zero-order valence-electron chi connectivity index (χ0n) is 10.8. The highest BCUT2D eigenvalue weighted by atomic mass is 35.5. The third-order valence-corrected chi connectivity index (χ3v) is 3.12. The van der Waals surface area contributed by atoms with Crippen molar-refractivity contribution in [3.8, 4) is 0 Å². The lowest BCUT2D eigenvalue weighted by molar-refractivity contribution is -0.119. The Morgan fingerprint density at radius 1 is 1.42 bits per heavy atom. The van der Waals surface area contributed by atoms with Gasteiger partial charge in [-0.25, -0.2) is 0 Å². The normalized spacial score (nSPS) is 11.9. The molecule has 2 amide bonds. The zero-order chi connectivity index (χ0) is 14.4. The summed E-state index contributed by atoms with van der Waals surface area (Å²) in [7, 11) is 0. The van der Waals surface area contributed by atoms with Gasteiger partial charge in [-0.1, -0.05) is 24.9 Å². The van der Waals surface area contributed by atoms with Gasteiger partial charge >= 0.3 is 0 Å². The molecule has 5 N–H and O–H groups in total. The summed E-state index contributed by atoms with van der Waals surface area (Å²) in [5, 5.41) is 2.97. The van der Waals surface area contributed by atoms with Gasteiger partial charge in [0, 0.05) is 12.2 Å². The Labute approximate surface area is 117 Å². The number of halogens is 1. The Morgan fingerprint density at radius 2 is 2.11 bits per heavy atom. The summed E-state index contributed by atoms with van der Waals surface area (Å²) >= 11 is 5.83. The summed E-state index contributed by atoms with van der Waals surface area (Å²) in [6.07, 6.45) is 1.60. The van der Waals surface area contributed by atoms with Crippen molar-refractivity contribution in [1.29, 1.82) is 0 Å². The van der Waals surface area contributed by atoms with E-state index in [1.54, 1.807) is 6.07 Å². The van der Waals surface area contributed by atoms with E-state index in [0.717, 1.165) is 12.8 Å². The first kappa shape index (κ1) is 15.5. The molecule has 1 atom stereocenters. The summed E-state index contributed by atoms with van der Waals surface area (Å²) in [6, 6.07) is 4.60. The molecule has 0 spiro atoms. The van der Waals surface area contributed by atoms with Gasteiger partial charge in [-0.05, 0) is 24.6 Å². The zero-order valence-corrected chi connectivity index (χ0v) is 11.5. The molecule has 0 fully saturated rings. The molecule has 1 rings (SSSR count). The lowest BCUT2D eigenvalue weighted by Gasteiger charge is -2.14. The van der Waals surface area contributed by atoms with Crippen LogP contribution in [0.4, 0.5) is 5.69 Å². The number of benzene rings is 1. The molecular formula is C13H18ClN3O2. The number of hydrogen-bond acceptors (Lipinski definition) is 3. The van der Waals surface area contributed by atoms with E-state index in [9.17, 15) is 9.59 Å². The highest BCUT2D eigenvalue weighted by Gasteiger charge is 2.16. The molecule has 1 unspecified atom stereocenters. The van der Waals surface area contributed by atoms with Crippen LogP contribution in [0.5, 0.6) is 0 Å². The van der Waals surface area contributed by atoms with E-state index >= 15 is 0 Å². The Hall–Kier alpha value is -1.59. The van der Waals surface area contributed by atoms with Crippen molar-refractivity contribution in [2.45, 2.75) is 19.8 Å². The summed E-state index contributed by atoms with van der Waals surface area (Å²) in [5.74, 6) is -1.04. The van der Waals surface area contributed by atoms with Crippen LogP contribution in [0.1, 0.15) is 30.1 Å². The van der Waals surface area contributed by atoms with Crippen molar-refractivity contribution in [2.24, 2.45) is 17.4 Å². The molecule has 104 valence electrons. The van der Waals surface area contributed by atoms with Crippen LogP contribution in [0.3, 0.4) is 0 Å². The van der Waals surface area contributed by atoms with Crippen LogP contribution in [-0.4, -0.2) is 18.4 Å². The topological polar surface area (TPSA) is 98.2 Å². The molecule has 1 aromatic carbocycles. The minimum atomic E-state index is -0.634. The van der Waals surface area contributed by atoms with Crippen LogP contribution in [-0.2, 0) is 4.79 Å². The second kappa shape index (κ2) is 7.11. The van der Waals surface area contributed by atoms with E-state index < -0.39 is 5.91 Å². The third kappa shape index (κ3) is 4.22. The number of nitrogens with one attached hydrogen (secondary N) is 1. The fourth-order valence-electron chi connectivity index (χ4n) is 1.74. The number of nitrogens with two attached hydrogens (primary N) is 2. The smallest absolute Gasteiger partial charge is 0.250 e. The molecule has 0 aromatic heterocycles. The van der Waals surface area contributed by atoms with Crippen LogP contribution < -0.4 is 16.8 Å². The molecule has 0 saturated heterocycles. The molecule has 6 heteroatoms. The molecule has 0 radical (unpaired) electrons. The fourth-order valence-corrected chi connectivity index (χ4v) is 1.95. The molecule has 0 heterocycles. The lowest BCUT2D eigenvalue weighted by Crippen LogP contribution is -2.29.